The summed E-state index contributed by atoms with van der Waals surface area (Å²) in [6, 6.07) is 25.6. The number of ether oxygens (including phenoxy) is 1. The van der Waals surface area contributed by atoms with Gasteiger partial charge in [-0.05, 0) is 86.1 Å². The maximum atomic E-state index is 11.7. The van der Waals surface area contributed by atoms with Crippen molar-refractivity contribution in [3.63, 3.8) is 0 Å². The molecule has 2 amide bonds. The summed E-state index contributed by atoms with van der Waals surface area (Å²) in [6.07, 6.45) is 24.5. The van der Waals surface area contributed by atoms with E-state index in [0.29, 0.717) is 32.6 Å². The number of pyridine rings is 2. The molecule has 0 spiro atoms. The van der Waals surface area contributed by atoms with Crippen LogP contribution in [0.25, 0.3) is 24.3 Å². The molecular weight excluding hydrogens is 709 g/mol. The lowest BCUT2D eigenvalue weighted by molar-refractivity contribution is -0.697. The van der Waals surface area contributed by atoms with Crippen molar-refractivity contribution in [2.45, 2.75) is 78.3 Å². The maximum absolute atomic E-state index is 11.7. The van der Waals surface area contributed by atoms with Gasteiger partial charge in [-0.2, -0.15) is 0 Å². The minimum Gasteiger partial charge on any atom is -0.380 e. The lowest BCUT2D eigenvalue weighted by atomic mass is 10.1. The molecule has 2 N–H and O–H groups in total. The summed E-state index contributed by atoms with van der Waals surface area (Å²) in [7, 11) is 8.19. The van der Waals surface area contributed by atoms with Crippen LogP contribution in [0, 0.1) is 0 Å². The number of carbonyl (C=O) groups is 2. The smallest absolute Gasteiger partial charge is 0.220 e. The van der Waals surface area contributed by atoms with Crippen molar-refractivity contribution in [1.82, 2.24) is 10.6 Å². The van der Waals surface area contributed by atoms with Gasteiger partial charge in [0.1, 0.15) is 13.1 Å². The summed E-state index contributed by atoms with van der Waals surface area (Å²) in [5, 5.41) is 5.72. The van der Waals surface area contributed by atoms with Crippen LogP contribution in [0.3, 0.4) is 0 Å². The van der Waals surface area contributed by atoms with E-state index in [4.69, 9.17) is 4.74 Å². The molecule has 0 saturated carbocycles. The number of anilines is 2. The highest BCUT2D eigenvalue weighted by Gasteiger charge is 2.05. The van der Waals surface area contributed by atoms with Crippen molar-refractivity contribution in [2.75, 3.05) is 64.3 Å². The van der Waals surface area contributed by atoms with Gasteiger partial charge in [0.25, 0.3) is 0 Å². The molecular formula is C48H68N6O3+2. The van der Waals surface area contributed by atoms with Gasteiger partial charge < -0.3 is 25.2 Å². The Morgan fingerprint density at radius 3 is 1.30 bits per heavy atom. The van der Waals surface area contributed by atoms with E-state index in [2.05, 4.69) is 151 Å². The van der Waals surface area contributed by atoms with Crippen LogP contribution in [0.15, 0.2) is 97.6 Å². The number of hydrogen-bond acceptors (Lipinski definition) is 5. The highest BCUT2D eigenvalue weighted by Crippen LogP contribution is 2.16. The Labute approximate surface area is 343 Å². The van der Waals surface area contributed by atoms with Gasteiger partial charge in [0.15, 0.2) is 24.8 Å². The van der Waals surface area contributed by atoms with E-state index in [1.54, 1.807) is 0 Å². The topological polar surface area (TPSA) is 81.7 Å². The van der Waals surface area contributed by atoms with Gasteiger partial charge in [-0.15, -0.1) is 0 Å². The zero-order chi connectivity index (χ0) is 41.1. The van der Waals surface area contributed by atoms with Crippen LogP contribution in [-0.4, -0.2) is 66.3 Å². The fourth-order valence-corrected chi connectivity index (χ4v) is 5.90. The third kappa shape index (κ3) is 19.9. The van der Waals surface area contributed by atoms with Gasteiger partial charge in [0, 0.05) is 109 Å². The Morgan fingerprint density at radius 1 is 0.544 bits per heavy atom. The Bertz CT molecular complexity index is 1750. The average Bonchev–Trinajstić information content (AvgIpc) is 3.22. The van der Waals surface area contributed by atoms with Gasteiger partial charge >= 0.3 is 0 Å². The molecule has 0 bridgehead atoms. The van der Waals surface area contributed by atoms with Gasteiger partial charge in [-0.3, -0.25) is 9.59 Å². The standard InChI is InChI=1S/C25H35N3O2.C23H31N3O/c1-4-30-21-17-26-25(29)8-6-5-7-18-28-19-15-23(16-20-28)10-9-22-11-13-24(14-12-22)27(2)3;1-4-24-23(27)8-6-5-7-17-26-18-15-21(16-19-26)10-9-20-11-13-22(14-12-20)25(2)3/h9-16,19-20H,4-8,17-18,21H2,1-3H3;9-16,18-19H,4-8,17H2,1-3H3/p+2. The second-order valence-corrected chi connectivity index (χ2v) is 14.5. The molecule has 0 unspecified atom stereocenters. The van der Waals surface area contributed by atoms with E-state index >= 15 is 0 Å². The first-order valence-electron chi connectivity index (χ1n) is 20.7. The Hall–Kier alpha value is -5.28. The third-order valence-corrected chi connectivity index (χ3v) is 9.38. The quantitative estimate of drug-likeness (QED) is 0.0594. The minimum absolute atomic E-state index is 0.120. The molecule has 0 fully saturated rings. The lowest BCUT2D eigenvalue weighted by Gasteiger charge is -2.11. The van der Waals surface area contributed by atoms with Crippen LogP contribution < -0.4 is 29.6 Å². The number of nitrogens with zero attached hydrogens (tertiary/aromatic N) is 4. The summed E-state index contributed by atoms with van der Waals surface area (Å²) in [5.74, 6) is 0.285. The van der Waals surface area contributed by atoms with Crippen molar-refractivity contribution in [3.8, 4) is 0 Å². The number of aryl methyl sites for hydroxylation is 2. The molecule has 2 heterocycles. The Balaban J connectivity index is 0.000000307. The van der Waals surface area contributed by atoms with Gasteiger partial charge in [0.05, 0.1) is 6.61 Å². The molecule has 57 heavy (non-hydrogen) atoms. The molecule has 306 valence electrons. The van der Waals surface area contributed by atoms with E-state index in [1.165, 1.54) is 33.6 Å². The number of carbonyl (C=O) groups excluding carboxylic acids is 2. The van der Waals surface area contributed by atoms with E-state index in [9.17, 15) is 9.59 Å². The summed E-state index contributed by atoms with van der Waals surface area (Å²) in [6.45, 7) is 8.47. The number of aromatic nitrogens is 2. The zero-order valence-electron chi connectivity index (χ0n) is 35.5. The molecule has 0 saturated heterocycles. The van der Waals surface area contributed by atoms with Crippen molar-refractivity contribution >= 4 is 47.5 Å². The summed E-state index contributed by atoms with van der Waals surface area (Å²) in [5.41, 5.74) is 7.18. The van der Waals surface area contributed by atoms with Gasteiger partial charge in [0.2, 0.25) is 11.8 Å². The highest BCUT2D eigenvalue weighted by atomic mass is 16.5. The molecule has 4 rings (SSSR count). The monoisotopic (exact) mass is 777 g/mol. The summed E-state index contributed by atoms with van der Waals surface area (Å²) in [4.78, 5) is 27.3. The van der Waals surface area contributed by atoms with Crippen molar-refractivity contribution in [1.29, 1.82) is 0 Å². The summed E-state index contributed by atoms with van der Waals surface area (Å²) >= 11 is 0. The molecule has 0 aliphatic heterocycles. The molecule has 0 atom stereocenters. The number of rotatable bonds is 23. The predicted octanol–water partition coefficient (Wildman–Crippen LogP) is 7.83. The van der Waals surface area contributed by atoms with Crippen LogP contribution in [0.2, 0.25) is 0 Å². The number of hydrogen-bond donors (Lipinski definition) is 2. The number of nitrogens with one attached hydrogen (secondary N) is 2. The van der Waals surface area contributed by atoms with E-state index in [0.717, 1.165) is 58.2 Å². The number of amides is 2. The van der Waals surface area contributed by atoms with E-state index < -0.39 is 0 Å². The first-order chi connectivity index (χ1) is 27.7. The molecule has 2 aromatic heterocycles. The molecule has 0 aliphatic rings. The fraction of sp³-hybridized carbons (Fsp3) is 0.417. The van der Waals surface area contributed by atoms with Crippen molar-refractivity contribution in [3.05, 3.63) is 120 Å². The van der Waals surface area contributed by atoms with Gasteiger partial charge in [-0.25, -0.2) is 9.13 Å². The van der Waals surface area contributed by atoms with E-state index in [-0.39, 0.29) is 11.8 Å². The van der Waals surface area contributed by atoms with Crippen LogP contribution in [0.4, 0.5) is 11.4 Å². The molecule has 0 aliphatic carbocycles. The van der Waals surface area contributed by atoms with Crippen LogP contribution in [0.1, 0.15) is 87.5 Å². The van der Waals surface area contributed by atoms with Crippen LogP contribution >= 0.6 is 0 Å². The maximum Gasteiger partial charge on any atom is 0.220 e. The Kier molecular flexibility index (Phi) is 22.1. The Morgan fingerprint density at radius 2 is 0.930 bits per heavy atom. The third-order valence-electron chi connectivity index (χ3n) is 9.38. The lowest BCUT2D eigenvalue weighted by Crippen LogP contribution is -2.32. The van der Waals surface area contributed by atoms with Crippen molar-refractivity contribution in [2.24, 2.45) is 0 Å². The average molecular weight is 777 g/mol. The predicted molar refractivity (Wildman–Crippen MR) is 238 cm³/mol. The first kappa shape index (κ1) is 46.1. The number of unbranched alkanes of at least 4 members (excludes halogenated alkanes) is 4. The summed E-state index contributed by atoms with van der Waals surface area (Å²) < 4.78 is 9.61. The van der Waals surface area contributed by atoms with Crippen LogP contribution in [-0.2, 0) is 27.4 Å². The molecule has 9 nitrogen and oxygen atoms in total. The van der Waals surface area contributed by atoms with Crippen LogP contribution in [0.5, 0.6) is 0 Å². The minimum atomic E-state index is 0.120. The molecule has 9 heteroatoms. The molecule has 0 radical (unpaired) electrons. The van der Waals surface area contributed by atoms with Crippen molar-refractivity contribution < 1.29 is 23.5 Å². The first-order valence-corrected chi connectivity index (χ1v) is 20.7. The zero-order valence-corrected chi connectivity index (χ0v) is 35.5. The second-order valence-electron chi connectivity index (χ2n) is 14.5. The molecule has 2 aromatic carbocycles. The van der Waals surface area contributed by atoms with Gasteiger partial charge in [-0.1, -0.05) is 48.6 Å². The second kappa shape index (κ2) is 27.3. The SMILES string of the molecule is CCNC(=O)CCCCC[n+]1ccc(C=Cc2ccc(N(C)C)cc2)cc1.CCOCCNC(=O)CCCCC[n+]1ccc(C=Cc2ccc(N(C)C)cc2)cc1. The molecule has 4 aromatic rings. The fourth-order valence-electron chi connectivity index (χ4n) is 5.90. The highest BCUT2D eigenvalue weighted by molar-refractivity contribution is 5.76. The largest absolute Gasteiger partial charge is 0.380 e. The normalized spacial score (nSPS) is 11.0. The number of benzene rings is 2. The van der Waals surface area contributed by atoms with E-state index in [1.807, 2.05) is 42.0 Å².